The molecule has 4 fully saturated rings. The van der Waals surface area contributed by atoms with Gasteiger partial charge in [-0.2, -0.15) is 0 Å². The van der Waals surface area contributed by atoms with E-state index in [0.29, 0.717) is 7.92 Å². The Morgan fingerprint density at radius 1 is 0.513 bits per heavy atom. The molecule has 0 unspecified atom stereocenters. The van der Waals surface area contributed by atoms with Gasteiger partial charge in [0.05, 0.1) is 26.3 Å². The van der Waals surface area contributed by atoms with Gasteiger partial charge in [-0.15, -0.1) is 0 Å². The molecule has 0 bridgehead atoms. The number of rotatable bonds is 12. The van der Waals surface area contributed by atoms with Gasteiger partial charge in [0.25, 0.3) is 0 Å². The summed E-state index contributed by atoms with van der Waals surface area (Å²) >= 11 is 5.04. The summed E-state index contributed by atoms with van der Waals surface area (Å²) in [5.74, 6) is 2.41. The van der Waals surface area contributed by atoms with Crippen LogP contribution in [0.3, 0.4) is 0 Å². The second-order valence-electron chi connectivity index (χ2n) is 24.6. The van der Waals surface area contributed by atoms with Crippen molar-refractivity contribution >= 4 is 63.4 Å². The molecule has 1 aliphatic heterocycles. The van der Waals surface area contributed by atoms with Crippen LogP contribution < -0.4 is 19.3 Å². The summed E-state index contributed by atoms with van der Waals surface area (Å²) in [5.41, 5.74) is 14.4. The normalized spacial score (nSPS) is 19.2. The number of hydrogen-bond donors (Lipinski definition) is 0. The first-order chi connectivity index (χ1) is 36.4. The molecular formula is C68H93I2N2O2PRu. The topological polar surface area (TPSA) is 24.9 Å². The first kappa shape index (κ1) is 61.3. The number of halogens is 2. The van der Waals surface area contributed by atoms with Gasteiger partial charge < -0.3 is 19.3 Å². The van der Waals surface area contributed by atoms with E-state index < -0.39 is 8.47 Å². The Bertz CT molecular complexity index is 2400. The van der Waals surface area contributed by atoms with Gasteiger partial charge in [-0.3, -0.25) is 0 Å². The maximum absolute atomic E-state index is 6.02. The van der Waals surface area contributed by atoms with Crippen molar-refractivity contribution in [2.45, 2.75) is 217 Å². The van der Waals surface area contributed by atoms with E-state index in [9.17, 15) is 0 Å². The summed E-state index contributed by atoms with van der Waals surface area (Å²) in [7, 11) is 3.33. The third-order valence-corrected chi connectivity index (χ3v) is 24.1. The second kappa shape index (κ2) is 28.9. The zero-order chi connectivity index (χ0) is 54.6. The van der Waals surface area contributed by atoms with Crippen molar-refractivity contribution < 1.29 is 17.9 Å². The average Bonchev–Trinajstić information content (AvgIpc) is 3.82. The van der Waals surface area contributed by atoms with Crippen LogP contribution in [0, 0.1) is 6.67 Å². The SMILES string of the molecule is C1CCC(P(C2CCCCC2)C2CCCCC2)CC1.COc1cc(C(C)C)c(N2[C]N(c3cc(C(C)(C)C)c(OC)cc3C(C)C)[C@H](c3ccccc3)[C@H]2c2ccccc2)cc1C(C)(C)C.[I][Ru]([I])=[CH]c1ccccc1. The number of anilines is 2. The fourth-order valence-electron chi connectivity index (χ4n) is 12.6. The van der Waals surface area contributed by atoms with Crippen molar-refractivity contribution in [3.05, 3.63) is 161 Å². The van der Waals surface area contributed by atoms with E-state index >= 15 is 0 Å². The molecule has 5 aromatic carbocycles. The maximum atomic E-state index is 6.02. The molecule has 3 saturated carbocycles. The summed E-state index contributed by atoms with van der Waals surface area (Å²) in [4.78, 5) is 4.84. The van der Waals surface area contributed by atoms with Gasteiger partial charge in [0.2, 0.25) is 6.67 Å². The van der Waals surface area contributed by atoms with E-state index in [1.807, 2.05) is 0 Å². The minimum atomic E-state index is -0.619. The van der Waals surface area contributed by atoms with Gasteiger partial charge in [0.15, 0.2) is 0 Å². The van der Waals surface area contributed by atoms with Crippen molar-refractivity contribution in [3.8, 4) is 11.5 Å². The monoisotopic (exact) mass is 1360 g/mol. The molecule has 0 aromatic heterocycles. The number of methoxy groups -OCH3 is 2. The van der Waals surface area contributed by atoms with Crippen LogP contribution in [0.4, 0.5) is 11.4 Å². The van der Waals surface area contributed by atoms with Gasteiger partial charge >= 0.3 is 88.5 Å². The molecule has 414 valence electrons. The number of ether oxygens (including phenoxy) is 2. The van der Waals surface area contributed by atoms with Crippen molar-refractivity contribution in [2.24, 2.45) is 0 Å². The predicted octanol–water partition coefficient (Wildman–Crippen LogP) is 21.0. The average molecular weight is 1360 g/mol. The van der Waals surface area contributed by atoms with Crippen molar-refractivity contribution in [3.63, 3.8) is 0 Å². The van der Waals surface area contributed by atoms with Crippen LogP contribution in [-0.4, -0.2) is 35.8 Å². The van der Waals surface area contributed by atoms with Crippen molar-refractivity contribution in [2.75, 3.05) is 24.0 Å². The first-order valence-electron chi connectivity index (χ1n) is 29.0. The fraction of sp³-hybridized carbons (Fsp3) is 0.529. The summed E-state index contributed by atoms with van der Waals surface area (Å²) in [6, 6.07) is 41.5. The molecule has 1 saturated heterocycles. The Kier molecular flexibility index (Phi) is 23.3. The second-order valence-corrected chi connectivity index (χ2v) is 47.6. The molecule has 0 N–H and O–H groups in total. The Morgan fingerprint density at radius 3 is 1.13 bits per heavy atom. The molecule has 9 rings (SSSR count). The van der Waals surface area contributed by atoms with Crippen LogP contribution in [0.2, 0.25) is 0 Å². The van der Waals surface area contributed by atoms with Gasteiger partial charge in [-0.05, 0) is 125 Å². The summed E-state index contributed by atoms with van der Waals surface area (Å²) in [5, 5.41) is 0. The van der Waals surface area contributed by atoms with E-state index in [2.05, 4.69) is 245 Å². The molecule has 0 spiro atoms. The standard InChI is InChI=1S/C43H54N2O2.C18H33P.C7H6.2HI.Ru/c1-28(2)32-23-38(46-11)34(42(5,6)7)25-36(32)44-27-45(37-26-35(43(8,9)10)39(47-12)24-33(37)29(3)4)41(31-21-17-14-18-22-31)40(44)30-19-15-13-16-20-30;1-4-10-16(11-5-1)19(17-12-6-2-7-13-17)18-14-8-3-9-15-18;1-7-5-3-2-4-6-7;;;/h13-26,28-29,40-41H,1-12H3;16-18H,1-15H2;1-6H;2*1H;/q;;;;;+2/p-2/t40-,41-;;;;;/m1...../s1. The zero-order valence-corrected chi connectivity index (χ0v) is 55.4. The summed E-state index contributed by atoms with van der Waals surface area (Å²) in [6.07, 6.45) is 23.6. The Balaban J connectivity index is 0.000000234. The van der Waals surface area contributed by atoms with Gasteiger partial charge in [0.1, 0.15) is 11.5 Å². The zero-order valence-electron chi connectivity index (χ0n) is 48.5. The predicted molar refractivity (Wildman–Crippen MR) is 345 cm³/mol. The fourth-order valence-corrected chi connectivity index (χ4v) is 21.0. The van der Waals surface area contributed by atoms with Gasteiger partial charge in [-0.25, -0.2) is 0 Å². The third-order valence-electron chi connectivity index (χ3n) is 16.4. The van der Waals surface area contributed by atoms with Crippen molar-refractivity contribution in [1.82, 2.24) is 0 Å². The summed E-state index contributed by atoms with van der Waals surface area (Å²) in [6.45, 7) is 26.7. The molecule has 2 atom stereocenters. The van der Waals surface area contributed by atoms with Crippen LogP contribution in [-0.2, 0) is 19.3 Å². The molecule has 3 aliphatic carbocycles. The van der Waals surface area contributed by atoms with E-state index in [1.165, 1.54) is 86.6 Å². The van der Waals surface area contributed by atoms with Crippen LogP contribution >= 0.6 is 47.4 Å². The third kappa shape index (κ3) is 16.0. The van der Waals surface area contributed by atoms with E-state index in [-0.39, 0.29) is 34.7 Å². The Labute approximate surface area is 490 Å². The molecular weight excluding hydrogens is 1260 g/mol. The number of benzene rings is 5. The van der Waals surface area contributed by atoms with Gasteiger partial charge in [-0.1, -0.05) is 196 Å². The van der Waals surface area contributed by atoms with Crippen LogP contribution in [0.15, 0.2) is 115 Å². The molecule has 4 aliphatic rings. The molecule has 4 nitrogen and oxygen atoms in total. The molecule has 0 amide bonds. The molecule has 76 heavy (non-hydrogen) atoms. The molecule has 8 heteroatoms. The Hall–Kier alpha value is -2.32. The number of hydrogen-bond acceptors (Lipinski definition) is 4. The first-order valence-corrected chi connectivity index (χ1v) is 41.9. The molecule has 5 aromatic rings. The molecule has 2 radical (unpaired) electrons. The van der Waals surface area contributed by atoms with E-state index in [1.54, 1.807) is 91.3 Å². The van der Waals surface area contributed by atoms with Crippen LogP contribution in [0.5, 0.6) is 11.5 Å². The Morgan fingerprint density at radius 2 is 0.842 bits per heavy atom. The van der Waals surface area contributed by atoms with E-state index in [4.69, 9.17) is 9.47 Å². The van der Waals surface area contributed by atoms with Gasteiger partial charge in [0, 0.05) is 22.5 Å². The van der Waals surface area contributed by atoms with E-state index in [0.717, 1.165) is 11.5 Å². The van der Waals surface area contributed by atoms with Crippen LogP contribution in [0.1, 0.15) is 228 Å². The molecule has 1 heterocycles. The van der Waals surface area contributed by atoms with Crippen molar-refractivity contribution in [1.29, 1.82) is 0 Å². The number of nitrogens with zero attached hydrogens (tertiary/aromatic N) is 2. The quantitative estimate of drug-likeness (QED) is 0.0706. The summed E-state index contributed by atoms with van der Waals surface area (Å²) < 4.78 is 14.4. The van der Waals surface area contributed by atoms with Crippen LogP contribution in [0.25, 0.3) is 0 Å². The minimum absolute atomic E-state index is 0.0440.